The van der Waals surface area contributed by atoms with Gasteiger partial charge in [0.05, 0.1) is 0 Å². The normalized spacial score (nSPS) is 30.9. The van der Waals surface area contributed by atoms with Gasteiger partial charge in [0.2, 0.25) is 0 Å². The van der Waals surface area contributed by atoms with Crippen molar-refractivity contribution in [1.82, 2.24) is 15.1 Å². The summed E-state index contributed by atoms with van der Waals surface area (Å²) in [5.41, 5.74) is 3.27. The number of hydrogen-bond donors (Lipinski definition) is 1. The van der Waals surface area contributed by atoms with Gasteiger partial charge >= 0.3 is 0 Å². The molecule has 0 aromatic heterocycles. The Bertz CT molecular complexity index is 305. The molecule has 1 N–H and O–H groups in total. The molecule has 0 amide bonds. The monoisotopic (exact) mass is 235 g/mol. The number of fused-ring (bicyclic) bond motifs is 1. The third-order valence-electron chi connectivity index (χ3n) is 4.63. The molecule has 3 heterocycles. The molecule has 1 atom stereocenters. The first-order valence-corrected chi connectivity index (χ1v) is 7.17. The van der Waals surface area contributed by atoms with E-state index in [1.54, 1.807) is 11.1 Å². The fourth-order valence-electron chi connectivity index (χ4n) is 3.43. The van der Waals surface area contributed by atoms with E-state index >= 15 is 0 Å². The second-order valence-electron chi connectivity index (χ2n) is 5.91. The summed E-state index contributed by atoms with van der Waals surface area (Å²) < 4.78 is 0. The van der Waals surface area contributed by atoms with Gasteiger partial charge in [-0.05, 0) is 51.4 Å². The first kappa shape index (κ1) is 11.7. The van der Waals surface area contributed by atoms with Crippen LogP contribution < -0.4 is 5.32 Å². The lowest BCUT2D eigenvalue weighted by Crippen LogP contribution is -2.39. The van der Waals surface area contributed by atoms with Crippen molar-refractivity contribution < 1.29 is 0 Å². The Morgan fingerprint density at radius 3 is 2.82 bits per heavy atom. The average Bonchev–Trinajstić information content (AvgIpc) is 2.55. The minimum absolute atomic E-state index is 0.856. The highest BCUT2D eigenvalue weighted by molar-refractivity contribution is 5.22. The summed E-state index contributed by atoms with van der Waals surface area (Å²) in [7, 11) is 0. The van der Waals surface area contributed by atoms with Gasteiger partial charge in [0.15, 0.2) is 0 Å². The highest BCUT2D eigenvalue weighted by Crippen LogP contribution is 2.22. The van der Waals surface area contributed by atoms with Crippen molar-refractivity contribution in [3.63, 3.8) is 0 Å². The summed E-state index contributed by atoms with van der Waals surface area (Å²) in [6.07, 6.45) is 4.20. The van der Waals surface area contributed by atoms with Crippen molar-refractivity contribution >= 4 is 0 Å². The minimum atomic E-state index is 0.856. The van der Waals surface area contributed by atoms with Crippen LogP contribution in [0.5, 0.6) is 0 Å². The Hall–Kier alpha value is -0.380. The van der Waals surface area contributed by atoms with Gasteiger partial charge < -0.3 is 5.32 Å². The number of nitrogens with one attached hydrogen (secondary N) is 1. The molecule has 3 rings (SSSR count). The molecular formula is C14H25N3. The molecule has 3 heteroatoms. The fraction of sp³-hybridized carbons (Fsp3) is 0.857. The summed E-state index contributed by atoms with van der Waals surface area (Å²) in [6, 6.07) is 0.856. The zero-order valence-electron chi connectivity index (χ0n) is 11.0. The molecule has 1 unspecified atom stereocenters. The van der Waals surface area contributed by atoms with Crippen molar-refractivity contribution in [3.8, 4) is 0 Å². The Balaban J connectivity index is 1.59. The Labute approximate surface area is 105 Å². The quantitative estimate of drug-likeness (QED) is 0.723. The molecule has 0 bridgehead atoms. The third kappa shape index (κ3) is 2.56. The molecule has 0 saturated carbocycles. The lowest BCUT2D eigenvalue weighted by molar-refractivity contribution is 0.228. The second-order valence-corrected chi connectivity index (χ2v) is 5.91. The maximum Gasteiger partial charge on any atom is 0.0223 e. The SMILES string of the molecule is CC(CN1CCCN2CCCC2C1)=C1CNC1. The van der Waals surface area contributed by atoms with Crippen LogP contribution in [0.2, 0.25) is 0 Å². The first-order valence-electron chi connectivity index (χ1n) is 7.17. The molecule has 96 valence electrons. The van der Waals surface area contributed by atoms with Crippen molar-refractivity contribution in [1.29, 1.82) is 0 Å². The van der Waals surface area contributed by atoms with E-state index in [-0.39, 0.29) is 0 Å². The van der Waals surface area contributed by atoms with Gasteiger partial charge in [0.1, 0.15) is 0 Å². The molecule has 0 radical (unpaired) electrons. The molecule has 3 saturated heterocycles. The molecule has 0 aromatic rings. The van der Waals surface area contributed by atoms with Gasteiger partial charge in [0, 0.05) is 32.2 Å². The minimum Gasteiger partial charge on any atom is -0.309 e. The highest BCUT2D eigenvalue weighted by atomic mass is 15.3. The van der Waals surface area contributed by atoms with E-state index in [0.717, 1.165) is 19.1 Å². The summed E-state index contributed by atoms with van der Waals surface area (Å²) in [5, 5.41) is 3.34. The van der Waals surface area contributed by atoms with Crippen LogP contribution in [-0.2, 0) is 0 Å². The van der Waals surface area contributed by atoms with E-state index in [9.17, 15) is 0 Å². The number of nitrogens with zero attached hydrogens (tertiary/aromatic N) is 2. The van der Waals surface area contributed by atoms with Crippen LogP contribution >= 0.6 is 0 Å². The average molecular weight is 235 g/mol. The summed E-state index contributed by atoms with van der Waals surface area (Å²) in [4.78, 5) is 5.41. The maximum absolute atomic E-state index is 3.34. The fourth-order valence-corrected chi connectivity index (χ4v) is 3.43. The van der Waals surface area contributed by atoms with Crippen molar-refractivity contribution in [2.45, 2.75) is 32.2 Å². The molecule has 0 aliphatic carbocycles. The van der Waals surface area contributed by atoms with Gasteiger partial charge in [-0.25, -0.2) is 0 Å². The Kier molecular flexibility index (Phi) is 3.50. The number of hydrogen-bond acceptors (Lipinski definition) is 3. The second kappa shape index (κ2) is 5.09. The van der Waals surface area contributed by atoms with Crippen LogP contribution in [-0.4, -0.2) is 61.7 Å². The van der Waals surface area contributed by atoms with E-state index in [1.165, 1.54) is 52.0 Å². The van der Waals surface area contributed by atoms with E-state index in [4.69, 9.17) is 0 Å². The number of rotatable bonds is 2. The molecule has 17 heavy (non-hydrogen) atoms. The molecule has 3 aliphatic rings. The lowest BCUT2D eigenvalue weighted by Gasteiger charge is -2.28. The zero-order chi connectivity index (χ0) is 11.7. The largest absolute Gasteiger partial charge is 0.309 e. The molecular weight excluding hydrogens is 210 g/mol. The molecule has 3 nitrogen and oxygen atoms in total. The molecule has 0 spiro atoms. The Morgan fingerprint density at radius 1 is 1.24 bits per heavy atom. The smallest absolute Gasteiger partial charge is 0.0223 e. The van der Waals surface area contributed by atoms with Gasteiger partial charge in [-0.3, -0.25) is 9.80 Å². The lowest BCUT2D eigenvalue weighted by atomic mass is 10.0. The summed E-state index contributed by atoms with van der Waals surface area (Å²) in [6.45, 7) is 11.1. The van der Waals surface area contributed by atoms with E-state index in [1.807, 2.05) is 0 Å². The summed E-state index contributed by atoms with van der Waals surface area (Å²) >= 11 is 0. The molecule has 3 aliphatic heterocycles. The first-order chi connectivity index (χ1) is 8.33. The standard InChI is InChI=1S/C14H25N3/c1-12(13-8-15-9-13)10-16-5-3-7-17-6-2-4-14(17)11-16/h14-15H,2-11H2,1H3. The van der Waals surface area contributed by atoms with Gasteiger partial charge in [0.25, 0.3) is 0 Å². The van der Waals surface area contributed by atoms with E-state index in [0.29, 0.717) is 0 Å². The van der Waals surface area contributed by atoms with Crippen LogP contribution in [0.3, 0.4) is 0 Å². The van der Waals surface area contributed by atoms with Crippen LogP contribution in [0.15, 0.2) is 11.1 Å². The van der Waals surface area contributed by atoms with Crippen molar-refractivity contribution in [2.75, 3.05) is 45.8 Å². The zero-order valence-corrected chi connectivity index (χ0v) is 11.0. The van der Waals surface area contributed by atoms with E-state index in [2.05, 4.69) is 22.0 Å². The Morgan fingerprint density at radius 2 is 2.06 bits per heavy atom. The van der Waals surface area contributed by atoms with Crippen molar-refractivity contribution in [3.05, 3.63) is 11.1 Å². The predicted molar refractivity (Wildman–Crippen MR) is 71.2 cm³/mol. The van der Waals surface area contributed by atoms with E-state index < -0.39 is 0 Å². The highest BCUT2D eigenvalue weighted by Gasteiger charge is 2.28. The van der Waals surface area contributed by atoms with Gasteiger partial charge in [-0.15, -0.1) is 0 Å². The van der Waals surface area contributed by atoms with Crippen LogP contribution in [0, 0.1) is 0 Å². The summed E-state index contributed by atoms with van der Waals surface area (Å²) in [5.74, 6) is 0. The maximum atomic E-state index is 3.34. The topological polar surface area (TPSA) is 18.5 Å². The molecule has 0 aromatic carbocycles. The van der Waals surface area contributed by atoms with Gasteiger partial charge in [-0.2, -0.15) is 0 Å². The third-order valence-corrected chi connectivity index (χ3v) is 4.63. The molecule has 3 fully saturated rings. The van der Waals surface area contributed by atoms with Crippen LogP contribution in [0.25, 0.3) is 0 Å². The van der Waals surface area contributed by atoms with Crippen LogP contribution in [0.1, 0.15) is 26.2 Å². The van der Waals surface area contributed by atoms with Gasteiger partial charge in [-0.1, -0.05) is 5.57 Å². The van der Waals surface area contributed by atoms with Crippen LogP contribution in [0.4, 0.5) is 0 Å². The van der Waals surface area contributed by atoms with Crippen molar-refractivity contribution in [2.24, 2.45) is 0 Å². The predicted octanol–water partition coefficient (Wildman–Crippen LogP) is 1.08.